The normalized spacial score (nSPS) is 15.5. The SMILES string of the molecule is CC(C)CC(=O)Nc1ccc(NC(=O)C2(N)CCC2)cc1.Cl. The summed E-state index contributed by atoms with van der Waals surface area (Å²) in [5.41, 5.74) is 6.68. The Hall–Kier alpha value is -1.59. The fourth-order valence-electron chi connectivity index (χ4n) is 2.26. The first-order chi connectivity index (χ1) is 9.89. The molecule has 22 heavy (non-hydrogen) atoms. The fourth-order valence-corrected chi connectivity index (χ4v) is 2.26. The molecule has 4 N–H and O–H groups in total. The van der Waals surface area contributed by atoms with Gasteiger partial charge in [-0.1, -0.05) is 13.8 Å². The average molecular weight is 326 g/mol. The molecule has 0 radical (unpaired) electrons. The summed E-state index contributed by atoms with van der Waals surface area (Å²) in [6, 6.07) is 7.09. The minimum Gasteiger partial charge on any atom is -0.326 e. The third-order valence-corrected chi connectivity index (χ3v) is 3.72. The Morgan fingerprint density at radius 1 is 1.14 bits per heavy atom. The van der Waals surface area contributed by atoms with Gasteiger partial charge in [0.15, 0.2) is 0 Å². The molecular weight excluding hydrogens is 302 g/mol. The highest BCUT2D eigenvalue weighted by Crippen LogP contribution is 2.30. The van der Waals surface area contributed by atoms with E-state index in [0.29, 0.717) is 18.0 Å². The Morgan fingerprint density at radius 3 is 2.05 bits per heavy atom. The number of rotatable bonds is 5. The summed E-state index contributed by atoms with van der Waals surface area (Å²) >= 11 is 0. The molecule has 5 nitrogen and oxygen atoms in total. The van der Waals surface area contributed by atoms with Crippen molar-refractivity contribution in [3.63, 3.8) is 0 Å². The minimum atomic E-state index is -0.704. The van der Waals surface area contributed by atoms with Crippen molar-refractivity contribution in [1.29, 1.82) is 0 Å². The van der Waals surface area contributed by atoms with Crippen LogP contribution in [0.1, 0.15) is 39.5 Å². The van der Waals surface area contributed by atoms with Crippen LogP contribution in [0.5, 0.6) is 0 Å². The first-order valence-corrected chi connectivity index (χ1v) is 7.39. The van der Waals surface area contributed by atoms with E-state index in [-0.39, 0.29) is 24.2 Å². The Balaban J connectivity index is 0.00000242. The molecule has 2 amide bonds. The van der Waals surface area contributed by atoms with Crippen LogP contribution in [-0.4, -0.2) is 17.4 Å². The van der Waals surface area contributed by atoms with Crippen molar-refractivity contribution in [2.45, 2.75) is 45.1 Å². The fraction of sp³-hybridized carbons (Fsp3) is 0.500. The lowest BCUT2D eigenvalue weighted by Gasteiger charge is -2.36. The van der Waals surface area contributed by atoms with E-state index in [4.69, 9.17) is 5.73 Å². The summed E-state index contributed by atoms with van der Waals surface area (Å²) in [6.45, 7) is 4.00. The van der Waals surface area contributed by atoms with Crippen molar-refractivity contribution >= 4 is 35.6 Å². The van der Waals surface area contributed by atoms with E-state index in [1.165, 1.54) is 0 Å². The molecule has 6 heteroatoms. The van der Waals surface area contributed by atoms with Crippen LogP contribution in [-0.2, 0) is 9.59 Å². The van der Waals surface area contributed by atoms with Gasteiger partial charge in [-0.15, -0.1) is 12.4 Å². The molecule has 0 saturated heterocycles. The molecule has 0 atom stereocenters. The van der Waals surface area contributed by atoms with Gasteiger partial charge in [-0.2, -0.15) is 0 Å². The number of nitrogens with one attached hydrogen (secondary N) is 2. The zero-order valence-electron chi connectivity index (χ0n) is 13.0. The maximum absolute atomic E-state index is 12.0. The number of carbonyl (C=O) groups is 2. The van der Waals surface area contributed by atoms with Gasteiger partial charge in [0, 0.05) is 17.8 Å². The number of hydrogen-bond donors (Lipinski definition) is 3. The van der Waals surface area contributed by atoms with Crippen molar-refractivity contribution in [1.82, 2.24) is 0 Å². The lowest BCUT2D eigenvalue weighted by atomic mass is 9.77. The van der Waals surface area contributed by atoms with Gasteiger partial charge in [0.05, 0.1) is 5.54 Å². The quantitative estimate of drug-likeness (QED) is 0.778. The van der Waals surface area contributed by atoms with Crippen molar-refractivity contribution in [2.75, 3.05) is 10.6 Å². The van der Waals surface area contributed by atoms with Gasteiger partial charge in [0.25, 0.3) is 0 Å². The molecule has 1 aliphatic carbocycles. The Kier molecular flexibility index (Phi) is 6.38. The molecule has 0 heterocycles. The lowest BCUT2D eigenvalue weighted by Crippen LogP contribution is -2.56. The number of anilines is 2. The van der Waals surface area contributed by atoms with E-state index in [9.17, 15) is 9.59 Å². The second kappa shape index (κ2) is 7.61. The zero-order chi connectivity index (χ0) is 15.5. The molecule has 0 bridgehead atoms. The number of benzene rings is 1. The van der Waals surface area contributed by atoms with E-state index in [1.807, 2.05) is 13.8 Å². The summed E-state index contributed by atoms with van der Waals surface area (Å²) in [5.74, 6) is 0.189. The van der Waals surface area contributed by atoms with Crippen molar-refractivity contribution in [2.24, 2.45) is 11.7 Å². The molecular formula is C16H24ClN3O2. The summed E-state index contributed by atoms with van der Waals surface area (Å²) in [6.07, 6.45) is 2.98. The van der Waals surface area contributed by atoms with Gasteiger partial charge in [0.1, 0.15) is 0 Å². The largest absolute Gasteiger partial charge is 0.326 e. The van der Waals surface area contributed by atoms with Gasteiger partial charge in [-0.05, 0) is 49.4 Å². The monoisotopic (exact) mass is 325 g/mol. The smallest absolute Gasteiger partial charge is 0.244 e. The topological polar surface area (TPSA) is 84.2 Å². The number of halogens is 1. The van der Waals surface area contributed by atoms with Crippen molar-refractivity contribution in [3.05, 3.63) is 24.3 Å². The summed E-state index contributed by atoms with van der Waals surface area (Å²) < 4.78 is 0. The molecule has 0 aromatic heterocycles. The molecule has 1 aromatic rings. The highest BCUT2D eigenvalue weighted by molar-refractivity contribution is 5.99. The van der Waals surface area contributed by atoms with E-state index in [2.05, 4.69) is 10.6 Å². The second-order valence-corrected chi connectivity index (χ2v) is 6.19. The maximum atomic E-state index is 12.0. The standard InChI is InChI=1S/C16H23N3O2.ClH/c1-11(2)10-14(20)18-12-4-6-13(7-5-12)19-15(21)16(17)8-3-9-16;/h4-7,11H,3,8-10,17H2,1-2H3,(H,18,20)(H,19,21);1H. The molecule has 1 aromatic carbocycles. The number of hydrogen-bond acceptors (Lipinski definition) is 3. The van der Waals surface area contributed by atoms with Crippen LogP contribution in [0, 0.1) is 5.92 Å². The van der Waals surface area contributed by atoms with Crippen LogP contribution < -0.4 is 16.4 Å². The predicted molar refractivity (Wildman–Crippen MR) is 91.2 cm³/mol. The van der Waals surface area contributed by atoms with Gasteiger partial charge < -0.3 is 16.4 Å². The van der Waals surface area contributed by atoms with Crippen molar-refractivity contribution in [3.8, 4) is 0 Å². The second-order valence-electron chi connectivity index (χ2n) is 6.19. The summed E-state index contributed by atoms with van der Waals surface area (Å²) in [7, 11) is 0. The number of nitrogens with two attached hydrogens (primary N) is 1. The first-order valence-electron chi connectivity index (χ1n) is 7.39. The predicted octanol–water partition coefficient (Wildman–Crippen LogP) is 2.91. The average Bonchev–Trinajstić information content (AvgIpc) is 2.37. The first kappa shape index (κ1) is 18.5. The maximum Gasteiger partial charge on any atom is 0.244 e. The molecule has 2 rings (SSSR count). The third kappa shape index (κ3) is 4.71. The molecule has 1 fully saturated rings. The van der Waals surface area contributed by atoms with Crippen molar-refractivity contribution < 1.29 is 9.59 Å². The van der Waals surface area contributed by atoms with Gasteiger partial charge in [-0.3, -0.25) is 9.59 Å². The molecule has 0 unspecified atom stereocenters. The van der Waals surface area contributed by atoms with Crippen LogP contribution >= 0.6 is 12.4 Å². The van der Waals surface area contributed by atoms with Crippen LogP contribution in [0.25, 0.3) is 0 Å². The van der Waals surface area contributed by atoms with Crippen LogP contribution in [0.15, 0.2) is 24.3 Å². The Bertz CT molecular complexity index is 525. The Labute approximate surface area is 137 Å². The lowest BCUT2D eigenvalue weighted by molar-refractivity contribution is -0.123. The van der Waals surface area contributed by atoms with Gasteiger partial charge in [0.2, 0.25) is 11.8 Å². The molecule has 1 saturated carbocycles. The van der Waals surface area contributed by atoms with Gasteiger partial charge >= 0.3 is 0 Å². The highest BCUT2D eigenvalue weighted by Gasteiger charge is 2.40. The highest BCUT2D eigenvalue weighted by atomic mass is 35.5. The third-order valence-electron chi connectivity index (χ3n) is 3.72. The Morgan fingerprint density at radius 2 is 1.64 bits per heavy atom. The minimum absolute atomic E-state index is 0. The molecule has 122 valence electrons. The van der Waals surface area contributed by atoms with E-state index >= 15 is 0 Å². The van der Waals surface area contributed by atoms with Crippen LogP contribution in [0.2, 0.25) is 0 Å². The number of amides is 2. The summed E-state index contributed by atoms with van der Waals surface area (Å²) in [5, 5.41) is 5.65. The van der Waals surface area contributed by atoms with Crippen LogP contribution in [0.3, 0.4) is 0 Å². The molecule has 0 aliphatic heterocycles. The molecule has 1 aliphatic rings. The number of carbonyl (C=O) groups excluding carboxylic acids is 2. The van der Waals surface area contributed by atoms with E-state index in [0.717, 1.165) is 24.9 Å². The van der Waals surface area contributed by atoms with E-state index in [1.54, 1.807) is 24.3 Å². The zero-order valence-corrected chi connectivity index (χ0v) is 13.8. The molecule has 0 spiro atoms. The summed E-state index contributed by atoms with van der Waals surface area (Å²) in [4.78, 5) is 23.7. The van der Waals surface area contributed by atoms with E-state index < -0.39 is 5.54 Å². The van der Waals surface area contributed by atoms with Gasteiger partial charge in [-0.25, -0.2) is 0 Å². The van der Waals surface area contributed by atoms with Crippen LogP contribution in [0.4, 0.5) is 11.4 Å².